The van der Waals surface area contributed by atoms with Gasteiger partial charge in [-0.2, -0.15) is 5.06 Å². The highest BCUT2D eigenvalue weighted by Crippen LogP contribution is 2.52. The molecule has 9 heteroatoms. The maximum absolute atomic E-state index is 13.0. The molecule has 1 saturated heterocycles. The second kappa shape index (κ2) is 9.71. The largest absolute Gasteiger partial charge is 0.529 e. The van der Waals surface area contributed by atoms with E-state index in [0.29, 0.717) is 18.9 Å². The first-order valence-corrected chi connectivity index (χ1v) is 11.4. The van der Waals surface area contributed by atoms with Gasteiger partial charge in [0.15, 0.2) is 5.79 Å². The van der Waals surface area contributed by atoms with Gasteiger partial charge in [-0.25, -0.2) is 4.57 Å². The van der Waals surface area contributed by atoms with E-state index < -0.39 is 19.7 Å². The summed E-state index contributed by atoms with van der Waals surface area (Å²) in [5.74, 6) is -0.293. The number of rotatable bonds is 9. The summed E-state index contributed by atoms with van der Waals surface area (Å²) >= 11 is 0. The van der Waals surface area contributed by atoms with E-state index in [1.807, 2.05) is 44.2 Å². The van der Waals surface area contributed by atoms with Gasteiger partial charge < -0.3 is 14.0 Å². The van der Waals surface area contributed by atoms with Crippen LogP contribution < -0.4 is 0 Å². The molecule has 2 aliphatic rings. The van der Waals surface area contributed by atoms with E-state index in [1.54, 1.807) is 25.0 Å². The van der Waals surface area contributed by atoms with Crippen molar-refractivity contribution < 1.29 is 32.4 Å². The molecule has 1 fully saturated rings. The maximum Gasteiger partial charge on any atom is 0.529 e. The van der Waals surface area contributed by atoms with Crippen LogP contribution in [0, 0.1) is 0 Å². The van der Waals surface area contributed by atoms with Gasteiger partial charge in [-0.15, -0.1) is 0 Å². The van der Waals surface area contributed by atoms with Crippen molar-refractivity contribution in [2.75, 3.05) is 26.4 Å². The predicted octanol–water partition coefficient (Wildman–Crippen LogP) is 4.04. The highest BCUT2D eigenvalue weighted by atomic mass is 31.2. The minimum absolute atomic E-state index is 0.204. The van der Waals surface area contributed by atoms with E-state index in [9.17, 15) is 4.57 Å². The third kappa shape index (κ3) is 5.89. The Bertz CT molecular complexity index is 730. The molecule has 3 rings (SSSR count). The van der Waals surface area contributed by atoms with E-state index >= 15 is 0 Å². The van der Waals surface area contributed by atoms with Gasteiger partial charge >= 0.3 is 7.82 Å². The van der Waals surface area contributed by atoms with Gasteiger partial charge in [0.2, 0.25) is 0 Å². The van der Waals surface area contributed by atoms with Crippen molar-refractivity contribution in [1.82, 2.24) is 5.06 Å². The number of phosphoric acid groups is 1. The number of phosphoric ester groups is 1. The monoisotopic (exact) mass is 427 g/mol. The highest BCUT2D eigenvalue weighted by Gasteiger charge is 2.46. The van der Waals surface area contributed by atoms with Crippen molar-refractivity contribution in [3.63, 3.8) is 0 Å². The molecule has 1 aromatic rings. The van der Waals surface area contributed by atoms with E-state index in [4.69, 9.17) is 27.9 Å². The Labute approximate surface area is 172 Å². The Hall–Kier alpha value is -1.25. The number of hydroxylamine groups is 2. The first-order valence-electron chi connectivity index (χ1n) is 9.90. The lowest BCUT2D eigenvalue weighted by Gasteiger charge is -2.38. The lowest BCUT2D eigenvalue weighted by atomic mass is 10.1. The molecule has 2 heterocycles. The molecule has 2 aliphatic heterocycles. The maximum atomic E-state index is 13.0. The molecular formula is C20H30NO7P. The second-order valence-corrected chi connectivity index (χ2v) is 8.74. The van der Waals surface area contributed by atoms with Crippen LogP contribution >= 0.6 is 7.82 Å². The summed E-state index contributed by atoms with van der Waals surface area (Å²) in [7, 11) is -3.75. The van der Waals surface area contributed by atoms with E-state index in [-0.39, 0.29) is 25.9 Å². The Morgan fingerprint density at radius 2 is 1.86 bits per heavy atom. The first-order chi connectivity index (χ1) is 13.9. The number of nitrogens with zero attached hydrogens (tertiary/aromatic N) is 1. The molecule has 0 aromatic heterocycles. The number of ether oxygens (including phenoxy) is 2. The van der Waals surface area contributed by atoms with Gasteiger partial charge in [0, 0.05) is 0 Å². The quantitative estimate of drug-likeness (QED) is 0.547. The van der Waals surface area contributed by atoms with Crippen LogP contribution in [0.2, 0.25) is 0 Å². The number of hydrogen-bond acceptors (Lipinski definition) is 8. The average molecular weight is 427 g/mol. The van der Waals surface area contributed by atoms with Gasteiger partial charge in [-0.1, -0.05) is 30.3 Å². The Balaban J connectivity index is 1.86. The number of benzene rings is 1. The average Bonchev–Trinajstić information content (AvgIpc) is 3.02. The molecule has 2 atom stereocenters. The Morgan fingerprint density at radius 1 is 1.17 bits per heavy atom. The topological polar surface area (TPSA) is 75.7 Å². The van der Waals surface area contributed by atoms with Crippen molar-refractivity contribution >= 4 is 7.82 Å². The molecule has 1 aromatic carbocycles. The molecule has 0 unspecified atom stereocenters. The van der Waals surface area contributed by atoms with E-state index in [0.717, 1.165) is 5.56 Å². The molecule has 0 amide bonds. The summed E-state index contributed by atoms with van der Waals surface area (Å²) in [6.45, 7) is 8.72. The van der Waals surface area contributed by atoms with Gasteiger partial charge in [0.25, 0.3) is 0 Å². The van der Waals surface area contributed by atoms with Gasteiger partial charge in [0.1, 0.15) is 17.9 Å². The smallest absolute Gasteiger partial charge is 0.407 e. The van der Waals surface area contributed by atoms with Crippen LogP contribution in [0.4, 0.5) is 0 Å². The normalized spacial score (nSPS) is 25.0. The molecule has 0 bridgehead atoms. The molecular weight excluding hydrogens is 397 g/mol. The van der Waals surface area contributed by atoms with Crippen LogP contribution in [-0.2, 0) is 39.0 Å². The fraction of sp³-hybridized carbons (Fsp3) is 0.600. The molecule has 8 nitrogen and oxygen atoms in total. The van der Waals surface area contributed by atoms with Gasteiger partial charge in [0.05, 0.1) is 33.0 Å². The fourth-order valence-electron chi connectivity index (χ4n) is 3.33. The second-order valence-electron chi connectivity index (χ2n) is 7.15. The minimum atomic E-state index is -3.75. The lowest BCUT2D eigenvalue weighted by Crippen LogP contribution is -2.48. The standard InChI is InChI=1S/C20H30NO7P/c1-5-25-29(22,26-6-2)28-17-12-13-24-21(14-16-10-8-7-9-11-16)19(17)18-15-23-20(3,4)27-18/h7-12,18-19H,5-6,13-15H2,1-4H3/t18-,19+/m1/s1. The Morgan fingerprint density at radius 3 is 2.45 bits per heavy atom. The lowest BCUT2D eigenvalue weighted by molar-refractivity contribution is -0.221. The molecule has 0 saturated carbocycles. The Kier molecular flexibility index (Phi) is 7.51. The summed E-state index contributed by atoms with van der Waals surface area (Å²) in [5, 5.41) is 1.78. The van der Waals surface area contributed by atoms with Crippen LogP contribution in [0.5, 0.6) is 0 Å². The molecule has 0 spiro atoms. The molecule has 0 N–H and O–H groups in total. The van der Waals surface area contributed by atoms with Crippen molar-refractivity contribution in [3.05, 3.63) is 47.7 Å². The summed E-state index contributed by atoms with van der Waals surface area (Å²) in [5.41, 5.74) is 1.06. The SMILES string of the molecule is CCOP(=O)(OCC)OC1=CCON(Cc2ccccc2)[C@@H]1[C@H]1COC(C)(C)O1. The summed E-state index contributed by atoms with van der Waals surface area (Å²) < 4.78 is 41.3. The fourth-order valence-corrected chi connectivity index (χ4v) is 4.58. The molecule has 0 radical (unpaired) electrons. The third-order valence-corrected chi connectivity index (χ3v) is 6.07. The zero-order chi connectivity index (χ0) is 20.9. The predicted molar refractivity (Wildman–Crippen MR) is 107 cm³/mol. The van der Waals surface area contributed by atoms with E-state index in [2.05, 4.69) is 0 Å². The van der Waals surface area contributed by atoms with Crippen LogP contribution in [0.15, 0.2) is 42.2 Å². The number of hydrogen-bond donors (Lipinski definition) is 0. The van der Waals surface area contributed by atoms with Crippen molar-refractivity contribution in [2.24, 2.45) is 0 Å². The molecule has 29 heavy (non-hydrogen) atoms. The molecule has 162 valence electrons. The zero-order valence-corrected chi connectivity index (χ0v) is 18.3. The third-order valence-electron chi connectivity index (χ3n) is 4.48. The van der Waals surface area contributed by atoms with Gasteiger partial charge in [-0.3, -0.25) is 13.9 Å². The van der Waals surface area contributed by atoms with Crippen LogP contribution in [0.1, 0.15) is 33.3 Å². The summed E-state index contributed by atoms with van der Waals surface area (Å²) in [6.07, 6.45) is 1.36. The van der Waals surface area contributed by atoms with Crippen molar-refractivity contribution in [3.8, 4) is 0 Å². The zero-order valence-electron chi connectivity index (χ0n) is 17.4. The summed E-state index contributed by atoms with van der Waals surface area (Å²) in [6, 6.07) is 9.46. The first kappa shape index (κ1) is 22.4. The van der Waals surface area contributed by atoms with E-state index in [1.165, 1.54) is 0 Å². The van der Waals surface area contributed by atoms with Gasteiger partial charge in [-0.05, 0) is 39.3 Å². The van der Waals surface area contributed by atoms with Crippen LogP contribution in [0.3, 0.4) is 0 Å². The molecule has 0 aliphatic carbocycles. The van der Waals surface area contributed by atoms with Crippen LogP contribution in [-0.4, -0.2) is 49.4 Å². The minimum Gasteiger partial charge on any atom is -0.407 e. The summed E-state index contributed by atoms with van der Waals surface area (Å²) in [4.78, 5) is 5.91. The van der Waals surface area contributed by atoms with Crippen molar-refractivity contribution in [2.45, 2.75) is 52.2 Å². The highest BCUT2D eigenvalue weighted by molar-refractivity contribution is 7.48. The van der Waals surface area contributed by atoms with Crippen molar-refractivity contribution in [1.29, 1.82) is 0 Å². The van der Waals surface area contributed by atoms with Crippen LogP contribution in [0.25, 0.3) is 0 Å².